The number of H-pyrrole nitrogens is 1. The Hall–Kier alpha value is -4.03. The largest absolute Gasteiger partial charge is 0.378 e. The molecule has 0 spiro atoms. The highest BCUT2D eigenvalue weighted by molar-refractivity contribution is 5.83. The van der Waals surface area contributed by atoms with Gasteiger partial charge in [0.1, 0.15) is 5.82 Å². The van der Waals surface area contributed by atoms with E-state index in [1.54, 1.807) is 11.0 Å². The Kier molecular flexibility index (Phi) is 6.88. The minimum Gasteiger partial charge on any atom is -0.378 e. The molecule has 6 heteroatoms. The number of fused-ring (bicyclic) bond motifs is 1. The van der Waals surface area contributed by atoms with E-state index in [-0.39, 0.29) is 23.4 Å². The minimum absolute atomic E-state index is 0.117. The summed E-state index contributed by atoms with van der Waals surface area (Å²) in [6.45, 7) is 4.99. The molecule has 1 atom stereocenters. The van der Waals surface area contributed by atoms with Crippen LogP contribution >= 0.6 is 0 Å². The highest BCUT2D eigenvalue weighted by Gasteiger charge is 2.48. The van der Waals surface area contributed by atoms with E-state index in [9.17, 15) is 14.7 Å². The molecule has 40 heavy (non-hydrogen) atoms. The van der Waals surface area contributed by atoms with E-state index in [0.29, 0.717) is 47.9 Å². The summed E-state index contributed by atoms with van der Waals surface area (Å²) in [5.41, 5.74) is 5.85. The van der Waals surface area contributed by atoms with Crippen molar-refractivity contribution in [3.05, 3.63) is 123 Å². The van der Waals surface area contributed by atoms with Crippen molar-refractivity contribution in [1.82, 2.24) is 14.9 Å². The second-order valence-electron chi connectivity index (χ2n) is 11.5. The number of benzene rings is 3. The van der Waals surface area contributed by atoms with Crippen LogP contribution in [-0.2, 0) is 23.2 Å². The first-order chi connectivity index (χ1) is 19.4. The van der Waals surface area contributed by atoms with Crippen molar-refractivity contribution in [1.29, 1.82) is 0 Å². The molecular formula is C34H35N3O3. The molecule has 0 saturated heterocycles. The molecule has 2 aliphatic rings. The maximum Gasteiger partial charge on any atom is 0.256 e. The van der Waals surface area contributed by atoms with Gasteiger partial charge in [-0.3, -0.25) is 9.59 Å². The quantitative estimate of drug-likeness (QED) is 0.335. The van der Waals surface area contributed by atoms with Gasteiger partial charge in [0.2, 0.25) is 0 Å². The lowest BCUT2D eigenvalue weighted by molar-refractivity contribution is -0.141. The fourth-order valence-corrected chi connectivity index (χ4v) is 5.88. The lowest BCUT2D eigenvalue weighted by Crippen LogP contribution is -2.35. The SMILES string of the molecule is CC(C)c1cccc(-c2cccc(C(O)C(=O)N3CCCc4c(nc(C5(c6ccccc6)CC5)[nH]c4=O)C3)c2)c1. The predicted molar refractivity (Wildman–Crippen MR) is 156 cm³/mol. The van der Waals surface area contributed by atoms with E-state index < -0.39 is 6.10 Å². The fraction of sp³-hybridized carbons (Fsp3) is 0.324. The number of nitrogens with zero attached hydrogens (tertiary/aromatic N) is 2. The number of carbonyl (C=O) groups is 1. The molecule has 2 N–H and O–H groups in total. The maximum atomic E-state index is 13.6. The van der Waals surface area contributed by atoms with Gasteiger partial charge in [-0.1, -0.05) is 86.6 Å². The molecule has 1 amide bonds. The van der Waals surface area contributed by atoms with Crippen LogP contribution in [-0.4, -0.2) is 32.4 Å². The molecule has 4 aromatic rings. The Balaban J connectivity index is 1.26. The highest BCUT2D eigenvalue weighted by atomic mass is 16.3. The second-order valence-corrected chi connectivity index (χ2v) is 11.5. The molecule has 1 fully saturated rings. The molecule has 2 heterocycles. The van der Waals surface area contributed by atoms with E-state index in [1.165, 1.54) is 5.56 Å². The highest BCUT2D eigenvalue weighted by Crippen LogP contribution is 2.52. The summed E-state index contributed by atoms with van der Waals surface area (Å²) in [6, 6.07) is 26.1. The fourth-order valence-electron chi connectivity index (χ4n) is 5.88. The van der Waals surface area contributed by atoms with Crippen LogP contribution in [0.5, 0.6) is 0 Å². The molecule has 6 rings (SSSR count). The van der Waals surface area contributed by atoms with Crippen molar-refractivity contribution in [3.63, 3.8) is 0 Å². The first-order valence-electron chi connectivity index (χ1n) is 14.2. The molecule has 0 bridgehead atoms. The Labute approximate surface area is 234 Å². The molecule has 1 aliphatic carbocycles. The zero-order chi connectivity index (χ0) is 27.9. The number of hydrogen-bond donors (Lipinski definition) is 2. The Bertz CT molecular complexity index is 1600. The van der Waals surface area contributed by atoms with Crippen molar-refractivity contribution >= 4 is 5.91 Å². The van der Waals surface area contributed by atoms with Gasteiger partial charge in [0, 0.05) is 12.1 Å². The van der Waals surface area contributed by atoms with Crippen LogP contribution in [0.3, 0.4) is 0 Å². The Morgan fingerprint density at radius 2 is 1.62 bits per heavy atom. The van der Waals surface area contributed by atoms with Gasteiger partial charge in [-0.15, -0.1) is 0 Å². The molecule has 6 nitrogen and oxygen atoms in total. The van der Waals surface area contributed by atoms with Gasteiger partial charge in [0.05, 0.1) is 17.7 Å². The van der Waals surface area contributed by atoms with Crippen LogP contribution in [0.4, 0.5) is 0 Å². The molecule has 204 valence electrons. The summed E-state index contributed by atoms with van der Waals surface area (Å²) in [5, 5.41) is 11.2. The smallest absolute Gasteiger partial charge is 0.256 e. The number of aliphatic hydroxyl groups excluding tert-OH is 1. The summed E-state index contributed by atoms with van der Waals surface area (Å²) >= 11 is 0. The summed E-state index contributed by atoms with van der Waals surface area (Å²) in [4.78, 5) is 36.5. The van der Waals surface area contributed by atoms with E-state index in [0.717, 1.165) is 29.5 Å². The van der Waals surface area contributed by atoms with E-state index in [4.69, 9.17) is 4.98 Å². The molecule has 1 aliphatic heterocycles. The number of amides is 1. The van der Waals surface area contributed by atoms with E-state index in [1.807, 2.05) is 48.5 Å². The lowest BCUT2D eigenvalue weighted by Gasteiger charge is -2.24. The number of aromatic amines is 1. The summed E-state index contributed by atoms with van der Waals surface area (Å²) in [7, 11) is 0. The summed E-state index contributed by atoms with van der Waals surface area (Å²) in [6.07, 6.45) is 1.75. The predicted octanol–water partition coefficient (Wildman–Crippen LogP) is 5.65. The summed E-state index contributed by atoms with van der Waals surface area (Å²) < 4.78 is 0. The summed E-state index contributed by atoms with van der Waals surface area (Å²) in [5.74, 6) is 0.715. The number of rotatable bonds is 6. The monoisotopic (exact) mass is 533 g/mol. The van der Waals surface area contributed by atoms with Crippen LogP contribution in [0.1, 0.15) is 78.9 Å². The van der Waals surface area contributed by atoms with Crippen LogP contribution in [0.15, 0.2) is 83.7 Å². The second kappa shape index (κ2) is 10.5. The van der Waals surface area contributed by atoms with Gasteiger partial charge in [0.25, 0.3) is 11.5 Å². The zero-order valence-corrected chi connectivity index (χ0v) is 23.1. The van der Waals surface area contributed by atoms with Crippen LogP contribution in [0.25, 0.3) is 11.1 Å². The van der Waals surface area contributed by atoms with E-state index in [2.05, 4.69) is 43.1 Å². The number of aromatic nitrogens is 2. The minimum atomic E-state index is -1.30. The first kappa shape index (κ1) is 26.2. The standard InChI is InChI=1S/C34H35N3O3/c1-22(2)23-9-6-10-24(19-23)25-11-7-12-26(20-25)30(38)32(40)37-18-8-15-28-29(21-37)35-33(36-31(28)39)34(16-17-34)27-13-4-3-5-14-27/h3-7,9-14,19-20,22,30,38H,8,15-18,21H2,1-2H3,(H,35,36,39). The Morgan fingerprint density at radius 3 is 2.30 bits per heavy atom. The van der Waals surface area contributed by atoms with Crippen LogP contribution in [0.2, 0.25) is 0 Å². The molecule has 0 radical (unpaired) electrons. The molecule has 1 saturated carbocycles. The third kappa shape index (κ3) is 4.88. The van der Waals surface area contributed by atoms with Gasteiger partial charge >= 0.3 is 0 Å². The zero-order valence-electron chi connectivity index (χ0n) is 23.1. The molecular weight excluding hydrogens is 498 g/mol. The molecule has 1 unspecified atom stereocenters. The topological polar surface area (TPSA) is 86.3 Å². The van der Waals surface area contributed by atoms with Crippen molar-refractivity contribution in [3.8, 4) is 11.1 Å². The first-order valence-corrected chi connectivity index (χ1v) is 14.2. The van der Waals surface area contributed by atoms with Crippen LogP contribution in [0, 0.1) is 0 Å². The van der Waals surface area contributed by atoms with Crippen molar-refractivity contribution < 1.29 is 9.90 Å². The maximum absolute atomic E-state index is 13.6. The van der Waals surface area contributed by atoms with Gasteiger partial charge in [-0.2, -0.15) is 0 Å². The number of carbonyl (C=O) groups excluding carboxylic acids is 1. The lowest BCUT2D eigenvalue weighted by atomic mass is 9.94. The third-order valence-electron chi connectivity index (χ3n) is 8.46. The third-order valence-corrected chi connectivity index (χ3v) is 8.46. The van der Waals surface area contributed by atoms with E-state index >= 15 is 0 Å². The molecule has 3 aromatic carbocycles. The Morgan fingerprint density at radius 1 is 0.950 bits per heavy atom. The van der Waals surface area contributed by atoms with Crippen molar-refractivity contribution in [2.24, 2.45) is 0 Å². The number of nitrogens with one attached hydrogen (secondary N) is 1. The normalized spacial score (nSPS) is 16.8. The van der Waals surface area contributed by atoms with Gasteiger partial charge < -0.3 is 15.0 Å². The van der Waals surface area contributed by atoms with Crippen molar-refractivity contribution in [2.75, 3.05) is 6.54 Å². The van der Waals surface area contributed by atoms with Crippen molar-refractivity contribution in [2.45, 2.75) is 63.5 Å². The van der Waals surface area contributed by atoms with Gasteiger partial charge in [-0.05, 0) is 65.5 Å². The number of hydrogen-bond acceptors (Lipinski definition) is 4. The number of aliphatic hydroxyl groups is 1. The van der Waals surface area contributed by atoms with Gasteiger partial charge in [-0.25, -0.2) is 4.98 Å². The average molecular weight is 534 g/mol. The van der Waals surface area contributed by atoms with Gasteiger partial charge in [0.15, 0.2) is 6.10 Å². The average Bonchev–Trinajstić information content (AvgIpc) is 3.82. The van der Waals surface area contributed by atoms with Crippen LogP contribution < -0.4 is 5.56 Å². The molecule has 1 aromatic heterocycles.